The lowest BCUT2D eigenvalue weighted by atomic mass is 9.81. The van der Waals surface area contributed by atoms with Crippen molar-refractivity contribution in [2.75, 3.05) is 0 Å². The molecule has 2 aliphatic carbocycles. The molecular weight excluding hydrogens is 236 g/mol. The molecule has 0 saturated heterocycles. The fourth-order valence-electron chi connectivity index (χ4n) is 3.47. The van der Waals surface area contributed by atoms with Crippen LogP contribution in [0.3, 0.4) is 0 Å². The summed E-state index contributed by atoms with van der Waals surface area (Å²) in [4.78, 5) is 0. The Hall–Kier alpha value is -0.830. The summed E-state index contributed by atoms with van der Waals surface area (Å²) in [5.74, 6) is 0.774. The number of aromatic nitrogens is 2. The topological polar surface area (TPSA) is 38.0 Å². The van der Waals surface area contributed by atoms with Gasteiger partial charge in [0.05, 0.1) is 17.8 Å². The molecule has 0 aliphatic heterocycles. The molecule has 0 radical (unpaired) electrons. The third-order valence-corrected chi connectivity index (χ3v) is 4.89. The summed E-state index contributed by atoms with van der Waals surface area (Å²) in [6.45, 7) is 0. The standard InChI is InChI=1S/C16H26N2O/c19-16(11-13-5-4-6-13)12-14-9-10-18(17-14)15-7-2-1-3-8-15/h9-10,13,15-16,19H,1-8,11-12H2. The first-order chi connectivity index (χ1) is 9.31. The molecule has 106 valence electrons. The SMILES string of the molecule is OC(Cc1ccn(C2CCCCC2)n1)CC1CCC1. The molecule has 0 bridgehead atoms. The number of aliphatic hydroxyl groups excluding tert-OH is 1. The summed E-state index contributed by atoms with van der Waals surface area (Å²) in [5.41, 5.74) is 1.07. The number of aliphatic hydroxyl groups is 1. The summed E-state index contributed by atoms with van der Waals surface area (Å²) in [5, 5.41) is 14.8. The van der Waals surface area contributed by atoms with Gasteiger partial charge in [0, 0.05) is 12.6 Å². The smallest absolute Gasteiger partial charge is 0.0650 e. The Morgan fingerprint density at radius 1 is 1.16 bits per heavy atom. The molecule has 0 spiro atoms. The van der Waals surface area contributed by atoms with Crippen LogP contribution in [-0.4, -0.2) is 21.0 Å². The predicted octanol–water partition coefficient (Wildman–Crippen LogP) is 3.48. The van der Waals surface area contributed by atoms with Crippen molar-refractivity contribution in [3.05, 3.63) is 18.0 Å². The predicted molar refractivity (Wildman–Crippen MR) is 76.0 cm³/mol. The van der Waals surface area contributed by atoms with Gasteiger partial charge in [-0.3, -0.25) is 4.68 Å². The van der Waals surface area contributed by atoms with Gasteiger partial charge in [0.25, 0.3) is 0 Å². The lowest BCUT2D eigenvalue weighted by molar-refractivity contribution is 0.116. The van der Waals surface area contributed by atoms with Gasteiger partial charge in [-0.2, -0.15) is 5.10 Å². The van der Waals surface area contributed by atoms with Crippen LogP contribution in [0.1, 0.15) is 69.5 Å². The second-order valence-electron chi connectivity index (χ2n) is 6.47. The van der Waals surface area contributed by atoms with Gasteiger partial charge in [0.1, 0.15) is 0 Å². The van der Waals surface area contributed by atoms with E-state index >= 15 is 0 Å². The molecule has 2 aliphatic rings. The number of rotatable bonds is 5. The minimum Gasteiger partial charge on any atom is -0.393 e. The van der Waals surface area contributed by atoms with Gasteiger partial charge >= 0.3 is 0 Å². The molecule has 1 heterocycles. The average Bonchev–Trinajstić information content (AvgIpc) is 2.83. The van der Waals surface area contributed by atoms with Crippen LogP contribution in [0.2, 0.25) is 0 Å². The Kier molecular flexibility index (Phi) is 4.21. The van der Waals surface area contributed by atoms with E-state index in [1.807, 2.05) is 0 Å². The Morgan fingerprint density at radius 3 is 2.63 bits per heavy atom. The maximum Gasteiger partial charge on any atom is 0.0650 e. The van der Waals surface area contributed by atoms with E-state index in [1.54, 1.807) is 0 Å². The van der Waals surface area contributed by atoms with Gasteiger partial charge in [0.15, 0.2) is 0 Å². The minimum atomic E-state index is -0.194. The third-order valence-electron chi connectivity index (χ3n) is 4.89. The van der Waals surface area contributed by atoms with Crippen LogP contribution in [0, 0.1) is 5.92 Å². The Bertz CT molecular complexity index is 391. The lowest BCUT2D eigenvalue weighted by Crippen LogP contribution is -2.21. The monoisotopic (exact) mass is 262 g/mol. The van der Waals surface area contributed by atoms with Gasteiger partial charge in [-0.25, -0.2) is 0 Å². The Balaban J connectivity index is 1.51. The second-order valence-corrected chi connectivity index (χ2v) is 6.47. The summed E-state index contributed by atoms with van der Waals surface area (Å²) in [6, 6.07) is 2.70. The van der Waals surface area contributed by atoms with Crippen molar-refractivity contribution in [3.8, 4) is 0 Å². The highest BCUT2D eigenvalue weighted by molar-refractivity contribution is 5.02. The van der Waals surface area contributed by atoms with Gasteiger partial charge in [-0.05, 0) is 31.2 Å². The normalized spacial score (nSPS) is 23.2. The van der Waals surface area contributed by atoms with Crippen molar-refractivity contribution < 1.29 is 5.11 Å². The average molecular weight is 262 g/mol. The van der Waals surface area contributed by atoms with E-state index in [-0.39, 0.29) is 6.10 Å². The van der Waals surface area contributed by atoms with E-state index in [9.17, 15) is 5.11 Å². The largest absolute Gasteiger partial charge is 0.393 e. The number of hydrogen-bond donors (Lipinski definition) is 1. The molecule has 1 atom stereocenters. The van der Waals surface area contributed by atoms with Crippen molar-refractivity contribution >= 4 is 0 Å². The molecular formula is C16H26N2O. The quantitative estimate of drug-likeness (QED) is 0.882. The third kappa shape index (κ3) is 3.38. The molecule has 2 fully saturated rings. The first kappa shape index (κ1) is 13.2. The highest BCUT2D eigenvalue weighted by atomic mass is 16.3. The maximum absolute atomic E-state index is 10.1. The van der Waals surface area contributed by atoms with Crippen LogP contribution in [0.15, 0.2) is 12.3 Å². The highest BCUT2D eigenvalue weighted by Gasteiger charge is 2.22. The van der Waals surface area contributed by atoms with Gasteiger partial charge in [-0.15, -0.1) is 0 Å². The van der Waals surface area contributed by atoms with Crippen molar-refractivity contribution in [1.29, 1.82) is 0 Å². The Labute approximate surface area is 116 Å². The number of hydrogen-bond acceptors (Lipinski definition) is 2. The summed E-state index contributed by atoms with van der Waals surface area (Å²) in [7, 11) is 0. The van der Waals surface area contributed by atoms with Gasteiger partial charge in [-0.1, -0.05) is 38.5 Å². The first-order valence-corrected chi connectivity index (χ1v) is 8.03. The van der Waals surface area contributed by atoms with Crippen LogP contribution in [-0.2, 0) is 6.42 Å². The van der Waals surface area contributed by atoms with Crippen LogP contribution >= 0.6 is 0 Å². The Morgan fingerprint density at radius 2 is 1.95 bits per heavy atom. The second kappa shape index (κ2) is 6.08. The van der Waals surface area contributed by atoms with Crippen molar-refractivity contribution in [3.63, 3.8) is 0 Å². The molecule has 3 nitrogen and oxygen atoms in total. The summed E-state index contributed by atoms with van der Waals surface area (Å²) >= 11 is 0. The summed E-state index contributed by atoms with van der Waals surface area (Å²) in [6.07, 6.45) is 14.2. The van der Waals surface area contributed by atoms with Crippen LogP contribution in [0.25, 0.3) is 0 Å². The van der Waals surface area contributed by atoms with E-state index < -0.39 is 0 Å². The molecule has 1 unspecified atom stereocenters. The lowest BCUT2D eigenvalue weighted by Gasteiger charge is -2.27. The van der Waals surface area contributed by atoms with Crippen molar-refractivity contribution in [2.45, 2.75) is 76.4 Å². The zero-order chi connectivity index (χ0) is 13.1. The molecule has 3 rings (SSSR count). The zero-order valence-electron chi connectivity index (χ0n) is 11.8. The first-order valence-electron chi connectivity index (χ1n) is 8.03. The van der Waals surface area contributed by atoms with Crippen LogP contribution < -0.4 is 0 Å². The zero-order valence-corrected chi connectivity index (χ0v) is 11.8. The van der Waals surface area contributed by atoms with E-state index in [0.29, 0.717) is 6.04 Å². The van der Waals surface area contributed by atoms with E-state index in [0.717, 1.165) is 24.5 Å². The van der Waals surface area contributed by atoms with Gasteiger partial charge < -0.3 is 5.11 Å². The molecule has 2 saturated carbocycles. The number of nitrogens with zero attached hydrogens (tertiary/aromatic N) is 2. The van der Waals surface area contributed by atoms with E-state index in [1.165, 1.54) is 51.4 Å². The van der Waals surface area contributed by atoms with E-state index in [2.05, 4.69) is 22.0 Å². The molecule has 1 aromatic rings. The minimum absolute atomic E-state index is 0.194. The van der Waals surface area contributed by atoms with Crippen LogP contribution in [0.5, 0.6) is 0 Å². The molecule has 0 aromatic carbocycles. The molecule has 1 aromatic heterocycles. The van der Waals surface area contributed by atoms with Crippen molar-refractivity contribution in [2.24, 2.45) is 5.92 Å². The molecule has 3 heteroatoms. The van der Waals surface area contributed by atoms with Gasteiger partial charge in [0.2, 0.25) is 0 Å². The van der Waals surface area contributed by atoms with E-state index in [4.69, 9.17) is 0 Å². The highest BCUT2D eigenvalue weighted by Crippen LogP contribution is 2.31. The summed E-state index contributed by atoms with van der Waals surface area (Å²) < 4.78 is 2.14. The fraction of sp³-hybridized carbons (Fsp3) is 0.812. The molecule has 0 amide bonds. The molecule has 19 heavy (non-hydrogen) atoms. The molecule has 1 N–H and O–H groups in total. The van der Waals surface area contributed by atoms with Crippen molar-refractivity contribution in [1.82, 2.24) is 9.78 Å². The fourth-order valence-corrected chi connectivity index (χ4v) is 3.47. The maximum atomic E-state index is 10.1. The van der Waals surface area contributed by atoms with Crippen LogP contribution in [0.4, 0.5) is 0 Å².